The molecule has 108 valence electrons. The van der Waals surface area contributed by atoms with Crippen LogP contribution in [0, 0.1) is 11.8 Å². The lowest BCUT2D eigenvalue weighted by Gasteiger charge is -2.32. The van der Waals surface area contributed by atoms with Crippen LogP contribution >= 0.6 is 23.3 Å². The third kappa shape index (κ3) is 2.77. The highest BCUT2D eigenvalue weighted by Crippen LogP contribution is 2.35. The molecule has 1 aliphatic carbocycles. The van der Waals surface area contributed by atoms with E-state index >= 15 is 0 Å². The third-order valence-corrected chi connectivity index (χ3v) is 5.30. The monoisotopic (exact) mass is 309 g/mol. The molecule has 1 saturated carbocycles. The van der Waals surface area contributed by atoms with Crippen molar-refractivity contribution < 1.29 is 0 Å². The second-order valence-corrected chi connectivity index (χ2v) is 6.99. The first-order chi connectivity index (χ1) is 9.65. The average Bonchev–Trinajstić information content (AvgIpc) is 2.91. The maximum atomic E-state index is 6.33. The van der Waals surface area contributed by atoms with Crippen molar-refractivity contribution in [2.24, 2.45) is 11.8 Å². The predicted octanol–water partition coefficient (Wildman–Crippen LogP) is 4.97. The molecule has 0 saturated heterocycles. The molecule has 1 aromatic carbocycles. The molecule has 3 nitrogen and oxygen atoms in total. The molecule has 1 fully saturated rings. The summed E-state index contributed by atoms with van der Waals surface area (Å²) in [6, 6.07) is 4.35. The fourth-order valence-corrected chi connectivity index (χ4v) is 3.85. The van der Waals surface area contributed by atoms with Gasteiger partial charge in [-0.1, -0.05) is 25.4 Å². The summed E-state index contributed by atoms with van der Waals surface area (Å²) in [4.78, 5) is 0. The first kappa shape index (κ1) is 14.1. The minimum atomic E-state index is 0.509. The van der Waals surface area contributed by atoms with Crippen molar-refractivity contribution in [3.8, 4) is 0 Å². The third-order valence-electron chi connectivity index (χ3n) is 4.44. The minimum absolute atomic E-state index is 0.509. The number of rotatable bonds is 3. The fraction of sp³-hybridized carbons (Fsp3) is 0.600. The maximum Gasteiger partial charge on any atom is 0.129 e. The summed E-state index contributed by atoms with van der Waals surface area (Å²) >= 11 is 7.58. The Morgan fingerprint density at radius 3 is 2.65 bits per heavy atom. The minimum Gasteiger partial charge on any atom is -0.379 e. The molecule has 1 N–H and O–H groups in total. The smallest absolute Gasteiger partial charge is 0.129 e. The molecule has 0 bridgehead atoms. The van der Waals surface area contributed by atoms with E-state index in [4.69, 9.17) is 11.6 Å². The molecule has 0 amide bonds. The number of hydrogen-bond donors (Lipinski definition) is 1. The van der Waals surface area contributed by atoms with E-state index in [9.17, 15) is 0 Å². The zero-order valence-corrected chi connectivity index (χ0v) is 13.5. The Morgan fingerprint density at radius 1 is 1.20 bits per heavy atom. The van der Waals surface area contributed by atoms with Gasteiger partial charge in [0.25, 0.3) is 0 Å². The van der Waals surface area contributed by atoms with Crippen LogP contribution < -0.4 is 5.32 Å². The van der Waals surface area contributed by atoms with E-state index in [1.54, 1.807) is 0 Å². The van der Waals surface area contributed by atoms with Gasteiger partial charge < -0.3 is 5.32 Å². The summed E-state index contributed by atoms with van der Waals surface area (Å²) in [5.41, 5.74) is 2.80. The molecular weight excluding hydrogens is 290 g/mol. The number of fused-ring (bicyclic) bond motifs is 1. The Labute approximate surface area is 129 Å². The lowest BCUT2D eigenvalue weighted by atomic mass is 9.79. The number of halogens is 1. The lowest BCUT2D eigenvalue weighted by Crippen LogP contribution is -2.28. The van der Waals surface area contributed by atoms with Crippen LogP contribution in [0.4, 0.5) is 5.69 Å². The van der Waals surface area contributed by atoms with Crippen LogP contribution in [0.2, 0.25) is 5.02 Å². The molecule has 0 unspecified atom stereocenters. The first-order valence-corrected chi connectivity index (χ1v) is 8.43. The Hall–Kier alpha value is -0.870. The fourth-order valence-electron chi connectivity index (χ4n) is 3.10. The van der Waals surface area contributed by atoms with Gasteiger partial charge in [-0.25, -0.2) is 0 Å². The van der Waals surface area contributed by atoms with Gasteiger partial charge in [0.05, 0.1) is 22.4 Å². The molecular formula is C15H20ClN3S. The van der Waals surface area contributed by atoms with E-state index in [0.717, 1.165) is 33.6 Å². The Kier molecular flexibility index (Phi) is 4.13. The van der Waals surface area contributed by atoms with Crippen LogP contribution in [0.15, 0.2) is 12.1 Å². The van der Waals surface area contributed by atoms with Crippen molar-refractivity contribution in [3.63, 3.8) is 0 Å². The second kappa shape index (κ2) is 5.86. The van der Waals surface area contributed by atoms with Crippen molar-refractivity contribution in [2.75, 3.05) is 5.32 Å². The largest absolute Gasteiger partial charge is 0.379 e. The highest BCUT2D eigenvalue weighted by molar-refractivity contribution is 7.00. The number of nitrogens with one attached hydrogen (secondary N) is 1. The van der Waals surface area contributed by atoms with Crippen LogP contribution in [0.3, 0.4) is 0 Å². The topological polar surface area (TPSA) is 37.8 Å². The van der Waals surface area contributed by atoms with Gasteiger partial charge in [-0.15, -0.1) is 0 Å². The summed E-state index contributed by atoms with van der Waals surface area (Å²) in [5, 5.41) is 4.36. The molecule has 3 rings (SSSR count). The average molecular weight is 310 g/mol. The van der Waals surface area contributed by atoms with Crippen molar-refractivity contribution in [1.82, 2.24) is 8.75 Å². The van der Waals surface area contributed by atoms with Gasteiger partial charge >= 0.3 is 0 Å². The number of hydrogen-bond acceptors (Lipinski definition) is 4. The molecule has 1 heterocycles. The summed E-state index contributed by atoms with van der Waals surface area (Å²) < 4.78 is 8.65. The number of anilines is 1. The Bertz CT molecular complexity index is 588. The predicted molar refractivity (Wildman–Crippen MR) is 86.6 cm³/mol. The van der Waals surface area contributed by atoms with E-state index < -0.39 is 0 Å². The van der Waals surface area contributed by atoms with Crippen molar-refractivity contribution in [3.05, 3.63) is 17.2 Å². The zero-order valence-electron chi connectivity index (χ0n) is 11.9. The lowest BCUT2D eigenvalue weighted by molar-refractivity contribution is 0.267. The molecule has 5 heteroatoms. The summed E-state index contributed by atoms with van der Waals surface area (Å²) in [7, 11) is 0. The van der Waals surface area contributed by atoms with Crippen LogP contribution in [-0.2, 0) is 0 Å². The molecule has 0 spiro atoms. The van der Waals surface area contributed by atoms with E-state index in [2.05, 4.69) is 27.9 Å². The summed E-state index contributed by atoms with van der Waals surface area (Å²) in [6.45, 7) is 4.66. The van der Waals surface area contributed by atoms with Gasteiger partial charge in [0.1, 0.15) is 11.0 Å². The SMILES string of the molecule is CC(C)C1CCC(Nc2c(Cl)ccc3nsnc23)CC1. The van der Waals surface area contributed by atoms with Crippen LogP contribution in [0.5, 0.6) is 0 Å². The Morgan fingerprint density at radius 2 is 1.95 bits per heavy atom. The molecule has 20 heavy (non-hydrogen) atoms. The summed E-state index contributed by atoms with van der Waals surface area (Å²) in [6.07, 6.45) is 5.04. The standard InChI is InChI=1S/C15H20ClN3S/c1-9(2)10-3-5-11(6-4-10)17-14-12(16)7-8-13-15(14)19-20-18-13/h7-11,17H,3-6H2,1-2H3. The van der Waals surface area contributed by atoms with Crippen molar-refractivity contribution in [1.29, 1.82) is 0 Å². The summed E-state index contributed by atoms with van der Waals surface area (Å²) in [5.74, 6) is 1.67. The molecule has 0 atom stereocenters. The van der Waals surface area contributed by atoms with Gasteiger partial charge in [-0.05, 0) is 49.7 Å². The molecule has 0 radical (unpaired) electrons. The highest BCUT2D eigenvalue weighted by Gasteiger charge is 2.24. The molecule has 2 aromatic rings. The number of benzene rings is 1. The molecule has 1 aliphatic rings. The van der Waals surface area contributed by atoms with E-state index in [-0.39, 0.29) is 0 Å². The number of aromatic nitrogens is 2. The van der Waals surface area contributed by atoms with Gasteiger partial charge in [-0.2, -0.15) is 8.75 Å². The molecule has 0 aliphatic heterocycles. The normalized spacial score (nSPS) is 23.4. The molecule has 1 aromatic heterocycles. The Balaban J connectivity index is 1.74. The van der Waals surface area contributed by atoms with Crippen LogP contribution in [-0.4, -0.2) is 14.8 Å². The second-order valence-electron chi connectivity index (χ2n) is 6.05. The van der Waals surface area contributed by atoms with E-state index in [0.29, 0.717) is 6.04 Å². The van der Waals surface area contributed by atoms with Gasteiger partial charge in [0.2, 0.25) is 0 Å². The maximum absolute atomic E-state index is 6.33. The quantitative estimate of drug-likeness (QED) is 0.869. The number of nitrogens with zero attached hydrogens (tertiary/aromatic N) is 2. The highest BCUT2D eigenvalue weighted by atomic mass is 35.5. The van der Waals surface area contributed by atoms with Gasteiger partial charge in [0.15, 0.2) is 0 Å². The van der Waals surface area contributed by atoms with Gasteiger partial charge in [-0.3, -0.25) is 0 Å². The van der Waals surface area contributed by atoms with Gasteiger partial charge in [0, 0.05) is 6.04 Å². The zero-order chi connectivity index (χ0) is 14.1. The van der Waals surface area contributed by atoms with Crippen LogP contribution in [0.1, 0.15) is 39.5 Å². The van der Waals surface area contributed by atoms with Crippen LogP contribution in [0.25, 0.3) is 11.0 Å². The van der Waals surface area contributed by atoms with E-state index in [1.165, 1.54) is 37.4 Å². The van der Waals surface area contributed by atoms with Crippen molar-refractivity contribution in [2.45, 2.75) is 45.6 Å². The first-order valence-electron chi connectivity index (χ1n) is 7.32. The van der Waals surface area contributed by atoms with Crippen molar-refractivity contribution >= 4 is 40.0 Å². The van der Waals surface area contributed by atoms with E-state index in [1.807, 2.05) is 12.1 Å².